The lowest BCUT2D eigenvalue weighted by atomic mass is 9.99. The molecule has 2 atom stereocenters. The van der Waals surface area contributed by atoms with Gasteiger partial charge in [-0.15, -0.1) is 0 Å². The van der Waals surface area contributed by atoms with Crippen LogP contribution in [-0.4, -0.2) is 32.7 Å². The predicted molar refractivity (Wildman–Crippen MR) is 97.5 cm³/mol. The molecule has 2 aliphatic rings. The molecule has 1 saturated carbocycles. The molecule has 0 spiro atoms. The van der Waals surface area contributed by atoms with E-state index in [4.69, 9.17) is 0 Å². The molecule has 26 heavy (non-hydrogen) atoms. The highest BCUT2D eigenvalue weighted by Gasteiger charge is 2.43. The third kappa shape index (κ3) is 2.89. The van der Waals surface area contributed by atoms with Crippen molar-refractivity contribution < 1.29 is 9.59 Å². The topological polar surface area (TPSA) is 67.2 Å². The second-order valence-electron chi connectivity index (χ2n) is 7.31. The Morgan fingerprint density at radius 2 is 1.88 bits per heavy atom. The highest BCUT2D eigenvalue weighted by molar-refractivity contribution is 5.98. The van der Waals surface area contributed by atoms with Gasteiger partial charge in [-0.05, 0) is 32.3 Å². The molecular formula is C20H24N4O2. The van der Waals surface area contributed by atoms with Crippen molar-refractivity contribution in [3.8, 4) is 0 Å². The van der Waals surface area contributed by atoms with Gasteiger partial charge < -0.3 is 5.32 Å². The van der Waals surface area contributed by atoms with Crippen LogP contribution in [0.3, 0.4) is 0 Å². The van der Waals surface area contributed by atoms with Crippen LogP contribution in [0.1, 0.15) is 41.8 Å². The molecule has 2 fully saturated rings. The van der Waals surface area contributed by atoms with Crippen LogP contribution >= 0.6 is 0 Å². The second kappa shape index (κ2) is 6.59. The van der Waals surface area contributed by atoms with Gasteiger partial charge in [0.05, 0.1) is 24.7 Å². The largest absolute Gasteiger partial charge is 0.334 e. The van der Waals surface area contributed by atoms with Crippen molar-refractivity contribution in [2.24, 2.45) is 5.92 Å². The molecule has 3 amide bonds. The van der Waals surface area contributed by atoms with Crippen LogP contribution in [-0.2, 0) is 17.9 Å². The number of aromatic nitrogens is 2. The molecule has 136 valence electrons. The molecule has 6 nitrogen and oxygen atoms in total. The molecule has 1 N–H and O–H groups in total. The molecule has 2 heterocycles. The number of rotatable bonds is 4. The molecule has 0 bridgehead atoms. The van der Waals surface area contributed by atoms with Crippen molar-refractivity contribution in [3.05, 3.63) is 52.8 Å². The van der Waals surface area contributed by atoms with Gasteiger partial charge in [0, 0.05) is 17.3 Å². The van der Waals surface area contributed by atoms with Gasteiger partial charge in [0.25, 0.3) is 0 Å². The summed E-state index contributed by atoms with van der Waals surface area (Å²) in [6.07, 6.45) is 2.77. The van der Waals surface area contributed by atoms with Crippen LogP contribution in [0.25, 0.3) is 0 Å². The Labute approximate surface area is 153 Å². The van der Waals surface area contributed by atoms with Gasteiger partial charge >= 0.3 is 6.03 Å². The molecule has 1 aliphatic carbocycles. The first kappa shape index (κ1) is 16.8. The van der Waals surface area contributed by atoms with Crippen LogP contribution in [0, 0.1) is 19.8 Å². The second-order valence-corrected chi connectivity index (χ2v) is 7.31. The predicted octanol–water partition coefficient (Wildman–Crippen LogP) is 2.77. The maximum atomic E-state index is 12.8. The molecular weight excluding hydrogens is 328 g/mol. The minimum atomic E-state index is -0.271. The van der Waals surface area contributed by atoms with E-state index >= 15 is 0 Å². The quantitative estimate of drug-likeness (QED) is 0.920. The number of nitrogens with zero attached hydrogens (tertiary/aromatic N) is 3. The summed E-state index contributed by atoms with van der Waals surface area (Å²) in [4.78, 5) is 26.6. The summed E-state index contributed by atoms with van der Waals surface area (Å²) in [6, 6.07) is 9.90. The lowest BCUT2D eigenvalue weighted by molar-refractivity contribution is -0.135. The van der Waals surface area contributed by atoms with Gasteiger partial charge in [0.2, 0.25) is 5.91 Å². The summed E-state index contributed by atoms with van der Waals surface area (Å²) in [5, 5.41) is 7.64. The van der Waals surface area contributed by atoms with Crippen molar-refractivity contribution in [2.45, 2.75) is 52.2 Å². The van der Waals surface area contributed by atoms with Crippen molar-refractivity contribution in [1.82, 2.24) is 20.0 Å². The minimum absolute atomic E-state index is 0.0225. The van der Waals surface area contributed by atoms with E-state index in [1.165, 1.54) is 10.5 Å². The summed E-state index contributed by atoms with van der Waals surface area (Å²) in [7, 11) is 0. The van der Waals surface area contributed by atoms with E-state index in [2.05, 4.69) is 22.5 Å². The summed E-state index contributed by atoms with van der Waals surface area (Å²) >= 11 is 0. The highest BCUT2D eigenvalue weighted by Crippen LogP contribution is 2.31. The minimum Gasteiger partial charge on any atom is -0.334 e. The summed E-state index contributed by atoms with van der Waals surface area (Å²) in [5.74, 6) is -0.0986. The SMILES string of the molecule is Cc1nn(Cc2ccccc2)c(C)c1CN1C(=O)N[C@@H]2CCC[C@@H]2C1=O. The van der Waals surface area contributed by atoms with Gasteiger partial charge in [0.15, 0.2) is 0 Å². The first-order valence-corrected chi connectivity index (χ1v) is 9.23. The molecule has 0 radical (unpaired) electrons. The summed E-state index contributed by atoms with van der Waals surface area (Å²) in [5.41, 5.74) is 4.00. The van der Waals surface area contributed by atoms with Gasteiger partial charge in [-0.3, -0.25) is 14.4 Å². The normalized spacial score (nSPS) is 22.5. The summed E-state index contributed by atoms with van der Waals surface area (Å²) < 4.78 is 1.95. The maximum Gasteiger partial charge on any atom is 0.324 e. The van der Waals surface area contributed by atoms with Crippen molar-refractivity contribution in [3.63, 3.8) is 0 Å². The fraction of sp³-hybridized carbons (Fsp3) is 0.450. The van der Waals surface area contributed by atoms with E-state index < -0.39 is 0 Å². The zero-order valence-corrected chi connectivity index (χ0v) is 15.2. The number of hydrogen-bond acceptors (Lipinski definition) is 3. The van der Waals surface area contributed by atoms with Crippen LogP contribution in [0.5, 0.6) is 0 Å². The fourth-order valence-corrected chi connectivity index (χ4v) is 4.15. The Hall–Kier alpha value is -2.63. The average molecular weight is 352 g/mol. The number of carbonyl (C=O) groups excluding carboxylic acids is 2. The zero-order valence-electron chi connectivity index (χ0n) is 15.2. The van der Waals surface area contributed by atoms with Crippen LogP contribution in [0.4, 0.5) is 4.79 Å². The average Bonchev–Trinajstić information content (AvgIpc) is 3.19. The standard InChI is InChI=1S/C20H24N4O2/c1-13-17(14(2)24(22-13)11-15-7-4-3-5-8-15)12-23-19(25)16-9-6-10-18(16)21-20(23)26/h3-5,7-8,16,18H,6,9-12H2,1-2H3,(H,21,26)/t16-,18+/m0/s1. The molecule has 1 aromatic carbocycles. The Bertz CT molecular complexity index is 843. The maximum absolute atomic E-state index is 12.8. The number of urea groups is 1. The molecule has 2 aromatic rings. The number of benzene rings is 1. The van der Waals surface area contributed by atoms with Gasteiger partial charge in [-0.25, -0.2) is 4.79 Å². The number of fused-ring (bicyclic) bond motifs is 1. The number of nitrogens with one attached hydrogen (secondary N) is 1. The van der Waals surface area contributed by atoms with E-state index in [-0.39, 0.29) is 23.9 Å². The number of carbonyl (C=O) groups is 2. The number of aryl methyl sites for hydroxylation is 1. The molecule has 1 saturated heterocycles. The Morgan fingerprint density at radius 1 is 1.12 bits per heavy atom. The van der Waals surface area contributed by atoms with E-state index in [0.29, 0.717) is 13.1 Å². The fourth-order valence-electron chi connectivity index (χ4n) is 4.15. The number of hydrogen-bond donors (Lipinski definition) is 1. The van der Waals surface area contributed by atoms with Crippen molar-refractivity contribution in [1.29, 1.82) is 0 Å². The van der Waals surface area contributed by atoms with E-state index in [0.717, 1.165) is 36.2 Å². The van der Waals surface area contributed by atoms with Crippen LogP contribution in [0.2, 0.25) is 0 Å². The van der Waals surface area contributed by atoms with Gasteiger partial charge in [-0.1, -0.05) is 36.8 Å². The number of amides is 3. The number of imide groups is 1. The van der Waals surface area contributed by atoms with E-state index in [1.54, 1.807) is 0 Å². The van der Waals surface area contributed by atoms with Crippen molar-refractivity contribution >= 4 is 11.9 Å². The molecule has 4 rings (SSSR count). The Morgan fingerprint density at radius 3 is 2.65 bits per heavy atom. The first-order chi connectivity index (χ1) is 12.5. The zero-order chi connectivity index (χ0) is 18.3. The third-order valence-corrected chi connectivity index (χ3v) is 5.68. The molecule has 1 aromatic heterocycles. The Kier molecular flexibility index (Phi) is 4.26. The smallest absolute Gasteiger partial charge is 0.324 e. The van der Waals surface area contributed by atoms with Gasteiger partial charge in [0.1, 0.15) is 0 Å². The third-order valence-electron chi connectivity index (χ3n) is 5.68. The highest BCUT2D eigenvalue weighted by atomic mass is 16.2. The van der Waals surface area contributed by atoms with E-state index in [1.807, 2.05) is 36.7 Å². The first-order valence-electron chi connectivity index (χ1n) is 9.23. The van der Waals surface area contributed by atoms with Gasteiger partial charge in [-0.2, -0.15) is 5.10 Å². The molecule has 0 unspecified atom stereocenters. The molecule has 6 heteroatoms. The summed E-state index contributed by atoms with van der Waals surface area (Å²) in [6.45, 7) is 4.91. The van der Waals surface area contributed by atoms with Crippen LogP contribution < -0.4 is 5.32 Å². The lowest BCUT2D eigenvalue weighted by Crippen LogP contribution is -2.57. The monoisotopic (exact) mass is 352 g/mol. The van der Waals surface area contributed by atoms with Crippen molar-refractivity contribution in [2.75, 3.05) is 0 Å². The Balaban J connectivity index is 1.56. The lowest BCUT2D eigenvalue weighted by Gasteiger charge is -2.34. The van der Waals surface area contributed by atoms with Crippen LogP contribution in [0.15, 0.2) is 30.3 Å². The van der Waals surface area contributed by atoms with E-state index in [9.17, 15) is 9.59 Å². The molecule has 1 aliphatic heterocycles.